The second-order valence-corrected chi connectivity index (χ2v) is 5.13. The predicted molar refractivity (Wildman–Crippen MR) is 64.3 cm³/mol. The standard InChI is InChI=1S/C12H22N2O3/c1-12(2,9-5-3-4-6-9)10(15)14-7-8-17-11(13)16/h9H,3-8H2,1-2H3,(H2,13,16)(H,14,15). The van der Waals surface area contributed by atoms with Gasteiger partial charge in [0.05, 0.1) is 6.54 Å². The fraction of sp³-hybridized carbons (Fsp3) is 0.833. The van der Waals surface area contributed by atoms with E-state index in [4.69, 9.17) is 5.73 Å². The first-order valence-corrected chi connectivity index (χ1v) is 6.15. The molecule has 5 heteroatoms. The predicted octanol–water partition coefficient (Wildman–Crippen LogP) is 1.41. The third-order valence-electron chi connectivity index (χ3n) is 3.59. The van der Waals surface area contributed by atoms with Crippen molar-refractivity contribution in [2.24, 2.45) is 17.1 Å². The number of carbonyl (C=O) groups is 2. The van der Waals surface area contributed by atoms with E-state index >= 15 is 0 Å². The van der Waals surface area contributed by atoms with Crippen molar-refractivity contribution in [3.63, 3.8) is 0 Å². The van der Waals surface area contributed by atoms with E-state index in [9.17, 15) is 9.59 Å². The van der Waals surface area contributed by atoms with E-state index in [2.05, 4.69) is 10.1 Å². The van der Waals surface area contributed by atoms with Crippen LogP contribution in [0.5, 0.6) is 0 Å². The van der Waals surface area contributed by atoms with Crippen LogP contribution < -0.4 is 11.1 Å². The lowest BCUT2D eigenvalue weighted by Gasteiger charge is -2.30. The van der Waals surface area contributed by atoms with E-state index in [0.29, 0.717) is 12.5 Å². The van der Waals surface area contributed by atoms with Gasteiger partial charge in [-0.1, -0.05) is 26.7 Å². The van der Waals surface area contributed by atoms with Gasteiger partial charge in [-0.15, -0.1) is 0 Å². The number of ether oxygens (including phenoxy) is 1. The largest absolute Gasteiger partial charge is 0.448 e. The summed E-state index contributed by atoms with van der Waals surface area (Å²) in [5.41, 5.74) is 4.48. The lowest BCUT2D eigenvalue weighted by molar-refractivity contribution is -0.132. The maximum Gasteiger partial charge on any atom is 0.404 e. The highest BCUT2D eigenvalue weighted by Crippen LogP contribution is 2.39. The zero-order valence-corrected chi connectivity index (χ0v) is 10.6. The van der Waals surface area contributed by atoms with Gasteiger partial charge >= 0.3 is 6.09 Å². The second-order valence-electron chi connectivity index (χ2n) is 5.13. The third kappa shape index (κ3) is 3.91. The average molecular weight is 242 g/mol. The molecule has 0 aromatic carbocycles. The molecule has 3 N–H and O–H groups in total. The van der Waals surface area contributed by atoms with Crippen LogP contribution >= 0.6 is 0 Å². The summed E-state index contributed by atoms with van der Waals surface area (Å²) in [6, 6.07) is 0. The van der Waals surface area contributed by atoms with Crippen LogP contribution in [0.4, 0.5) is 4.79 Å². The zero-order valence-electron chi connectivity index (χ0n) is 10.6. The highest BCUT2D eigenvalue weighted by molar-refractivity contribution is 5.82. The molecule has 0 spiro atoms. The minimum absolute atomic E-state index is 0.0254. The molecule has 5 nitrogen and oxygen atoms in total. The Hall–Kier alpha value is -1.26. The molecule has 0 saturated heterocycles. The number of amides is 2. The topological polar surface area (TPSA) is 81.4 Å². The molecule has 1 aliphatic rings. The second kappa shape index (κ2) is 5.89. The molecule has 98 valence electrons. The molecule has 1 saturated carbocycles. The van der Waals surface area contributed by atoms with Crippen molar-refractivity contribution in [3.05, 3.63) is 0 Å². The summed E-state index contributed by atoms with van der Waals surface area (Å²) in [5, 5.41) is 2.78. The van der Waals surface area contributed by atoms with Crippen LogP contribution in [0.1, 0.15) is 39.5 Å². The molecule has 2 amide bonds. The van der Waals surface area contributed by atoms with Crippen LogP contribution in [0.15, 0.2) is 0 Å². The molecule has 0 bridgehead atoms. The van der Waals surface area contributed by atoms with E-state index in [-0.39, 0.29) is 17.9 Å². The summed E-state index contributed by atoms with van der Waals surface area (Å²) in [6.45, 7) is 4.40. The zero-order chi connectivity index (χ0) is 12.9. The fourth-order valence-corrected chi connectivity index (χ4v) is 2.38. The van der Waals surface area contributed by atoms with E-state index in [1.54, 1.807) is 0 Å². The number of primary amides is 1. The molecule has 17 heavy (non-hydrogen) atoms. The highest BCUT2D eigenvalue weighted by atomic mass is 16.5. The molecule has 1 rings (SSSR count). The SMILES string of the molecule is CC(C)(C(=O)NCCOC(N)=O)C1CCCC1. The van der Waals surface area contributed by atoms with Crippen molar-refractivity contribution in [2.45, 2.75) is 39.5 Å². The van der Waals surface area contributed by atoms with Crippen molar-refractivity contribution in [3.8, 4) is 0 Å². The van der Waals surface area contributed by atoms with Crippen LogP contribution in [-0.4, -0.2) is 25.2 Å². The summed E-state index contributed by atoms with van der Waals surface area (Å²) in [6.07, 6.45) is 3.86. The van der Waals surface area contributed by atoms with Gasteiger partial charge in [-0.3, -0.25) is 4.79 Å². The van der Waals surface area contributed by atoms with Crippen LogP contribution in [0.25, 0.3) is 0 Å². The van der Waals surface area contributed by atoms with Gasteiger partial charge in [0, 0.05) is 5.41 Å². The quantitative estimate of drug-likeness (QED) is 0.715. The summed E-state index contributed by atoms with van der Waals surface area (Å²) in [7, 11) is 0. The van der Waals surface area contributed by atoms with Gasteiger partial charge in [0.2, 0.25) is 5.91 Å². The molecule has 0 radical (unpaired) electrons. The minimum Gasteiger partial charge on any atom is -0.448 e. The Kier molecular flexibility index (Phi) is 4.78. The number of hydrogen-bond acceptors (Lipinski definition) is 3. The molecule has 0 heterocycles. The van der Waals surface area contributed by atoms with Crippen molar-refractivity contribution >= 4 is 12.0 Å². The van der Waals surface area contributed by atoms with Gasteiger partial charge in [0.15, 0.2) is 0 Å². The van der Waals surface area contributed by atoms with Gasteiger partial charge < -0.3 is 15.8 Å². The van der Waals surface area contributed by atoms with Crippen LogP contribution in [0, 0.1) is 11.3 Å². The summed E-state index contributed by atoms with van der Waals surface area (Å²) < 4.78 is 4.55. The van der Waals surface area contributed by atoms with Gasteiger partial charge in [0.1, 0.15) is 6.61 Å². The van der Waals surface area contributed by atoms with Gasteiger partial charge in [-0.2, -0.15) is 0 Å². The number of nitrogens with one attached hydrogen (secondary N) is 1. The highest BCUT2D eigenvalue weighted by Gasteiger charge is 2.37. The van der Waals surface area contributed by atoms with E-state index in [0.717, 1.165) is 12.8 Å². The molecule has 0 aromatic heterocycles. The number of rotatable bonds is 5. The lowest BCUT2D eigenvalue weighted by atomic mass is 9.77. The van der Waals surface area contributed by atoms with E-state index in [1.165, 1.54) is 12.8 Å². The van der Waals surface area contributed by atoms with Crippen LogP contribution in [0.3, 0.4) is 0 Å². The average Bonchev–Trinajstić information content (AvgIpc) is 2.77. The minimum atomic E-state index is -0.811. The lowest BCUT2D eigenvalue weighted by Crippen LogP contribution is -2.42. The molecule has 0 aliphatic heterocycles. The van der Waals surface area contributed by atoms with Crippen molar-refractivity contribution in [1.29, 1.82) is 0 Å². The van der Waals surface area contributed by atoms with Gasteiger partial charge in [0.25, 0.3) is 0 Å². The number of hydrogen-bond donors (Lipinski definition) is 2. The number of nitrogens with two attached hydrogens (primary N) is 1. The summed E-state index contributed by atoms with van der Waals surface area (Å²) >= 11 is 0. The Morgan fingerprint density at radius 2 is 1.94 bits per heavy atom. The van der Waals surface area contributed by atoms with Crippen LogP contribution in [-0.2, 0) is 9.53 Å². The number of carbonyl (C=O) groups excluding carboxylic acids is 2. The normalized spacial score (nSPS) is 16.8. The molecule has 0 atom stereocenters. The van der Waals surface area contributed by atoms with Gasteiger partial charge in [-0.05, 0) is 18.8 Å². The van der Waals surface area contributed by atoms with Crippen molar-refractivity contribution in [1.82, 2.24) is 5.32 Å². The Labute approximate surface area is 102 Å². The van der Waals surface area contributed by atoms with E-state index in [1.807, 2.05) is 13.8 Å². The first-order chi connectivity index (χ1) is 7.94. The third-order valence-corrected chi connectivity index (χ3v) is 3.59. The molecule has 1 aliphatic carbocycles. The monoisotopic (exact) mass is 242 g/mol. The smallest absolute Gasteiger partial charge is 0.404 e. The Bertz CT molecular complexity index is 283. The molecule has 1 fully saturated rings. The van der Waals surface area contributed by atoms with Crippen molar-refractivity contribution in [2.75, 3.05) is 13.2 Å². The van der Waals surface area contributed by atoms with Crippen molar-refractivity contribution < 1.29 is 14.3 Å². The maximum atomic E-state index is 12.0. The maximum absolute atomic E-state index is 12.0. The Morgan fingerprint density at radius 1 is 1.35 bits per heavy atom. The Morgan fingerprint density at radius 3 is 2.47 bits per heavy atom. The first kappa shape index (κ1) is 13.8. The molecule has 0 unspecified atom stereocenters. The Balaban J connectivity index is 2.32. The van der Waals surface area contributed by atoms with Gasteiger partial charge in [-0.25, -0.2) is 4.79 Å². The first-order valence-electron chi connectivity index (χ1n) is 6.15. The molecular formula is C12H22N2O3. The molecular weight excluding hydrogens is 220 g/mol. The van der Waals surface area contributed by atoms with Crippen LogP contribution in [0.2, 0.25) is 0 Å². The fourth-order valence-electron chi connectivity index (χ4n) is 2.38. The summed E-state index contributed by atoms with van der Waals surface area (Å²) in [4.78, 5) is 22.4. The summed E-state index contributed by atoms with van der Waals surface area (Å²) in [5.74, 6) is 0.483. The van der Waals surface area contributed by atoms with E-state index < -0.39 is 6.09 Å². The molecule has 0 aromatic rings.